The van der Waals surface area contributed by atoms with E-state index in [2.05, 4.69) is 83.1 Å². The van der Waals surface area contributed by atoms with Crippen LogP contribution in [0.1, 0.15) is 44.5 Å². The summed E-state index contributed by atoms with van der Waals surface area (Å²) in [6, 6.07) is 46.7. The Morgan fingerprint density at radius 2 is 1.11 bits per heavy atom. The van der Waals surface area contributed by atoms with Gasteiger partial charge >= 0.3 is 0 Å². The number of hydrogen-bond donors (Lipinski definition) is 1. The molecule has 6 aromatic carbocycles. The van der Waals surface area contributed by atoms with Gasteiger partial charge in [-0.3, -0.25) is 0 Å². The molecule has 1 aliphatic rings. The van der Waals surface area contributed by atoms with Crippen LogP contribution in [0.15, 0.2) is 145 Å². The van der Waals surface area contributed by atoms with Crippen LogP contribution in [0.2, 0.25) is 0 Å². The zero-order valence-electron chi connectivity index (χ0n) is 26.3. The van der Waals surface area contributed by atoms with E-state index in [4.69, 9.17) is 4.99 Å². The van der Waals surface area contributed by atoms with Crippen molar-refractivity contribution in [2.45, 2.75) is 32.8 Å². The van der Waals surface area contributed by atoms with E-state index in [0.717, 1.165) is 61.1 Å². The number of hydrogen-bond acceptors (Lipinski definition) is 2. The zero-order chi connectivity index (χ0) is 31.1. The van der Waals surface area contributed by atoms with Gasteiger partial charge in [0.2, 0.25) is 0 Å². The van der Waals surface area contributed by atoms with Gasteiger partial charge in [0.25, 0.3) is 0 Å². The van der Waals surface area contributed by atoms with Crippen molar-refractivity contribution in [3.63, 3.8) is 0 Å². The van der Waals surface area contributed by atoms with Crippen molar-refractivity contribution in [3.8, 4) is 0 Å². The van der Waals surface area contributed by atoms with Crippen molar-refractivity contribution in [2.75, 3.05) is 0 Å². The first kappa shape index (κ1) is 33.7. The molecule has 45 heavy (non-hydrogen) atoms. The maximum absolute atomic E-state index is 12.2. The molecule has 0 heterocycles. The standard InChI is InChI=1S/C28H25NO.2C7H7.Hf/c1-18-15-19(2)26(20(3)16-18)29-27-23-13-7-11-22-12-8-14-24(25(22)23)28(27,30)17-21-9-5-4-6-10-21;2*1-7-5-3-2-4-6-7;/h4-16,30H,17H2,1-3H3;2*2-6H,1H2;/q;2*-1;. The van der Waals surface area contributed by atoms with Crippen molar-refractivity contribution in [3.05, 3.63) is 198 Å². The number of aliphatic hydroxyl groups is 1. The summed E-state index contributed by atoms with van der Waals surface area (Å²) in [6.07, 6.45) is 0.490. The molecule has 1 aliphatic carbocycles. The molecule has 0 bridgehead atoms. The van der Waals surface area contributed by atoms with Crippen LogP contribution in [0.5, 0.6) is 0 Å². The van der Waals surface area contributed by atoms with E-state index in [9.17, 15) is 5.11 Å². The fourth-order valence-electron chi connectivity index (χ4n) is 5.87. The van der Waals surface area contributed by atoms with E-state index in [1.54, 1.807) is 0 Å². The van der Waals surface area contributed by atoms with Crippen LogP contribution in [0.3, 0.4) is 0 Å². The Bertz CT molecular complexity index is 1820. The quantitative estimate of drug-likeness (QED) is 0.142. The molecule has 7 rings (SSSR count). The van der Waals surface area contributed by atoms with Gasteiger partial charge in [-0.05, 0) is 53.8 Å². The molecule has 6 aromatic rings. The molecule has 0 aromatic heterocycles. The minimum atomic E-state index is -1.17. The first-order chi connectivity index (χ1) is 21.3. The molecule has 0 saturated heterocycles. The van der Waals surface area contributed by atoms with E-state index in [0.29, 0.717) is 6.42 Å². The molecule has 0 spiro atoms. The molecule has 224 valence electrons. The van der Waals surface area contributed by atoms with Gasteiger partial charge in [0, 0.05) is 37.8 Å². The Balaban J connectivity index is 0.000000253. The van der Waals surface area contributed by atoms with Gasteiger partial charge in [0.15, 0.2) is 0 Å². The van der Waals surface area contributed by atoms with Crippen LogP contribution < -0.4 is 0 Å². The fourth-order valence-corrected chi connectivity index (χ4v) is 5.87. The number of rotatable bonds is 3. The molecule has 1 unspecified atom stereocenters. The van der Waals surface area contributed by atoms with Crippen LogP contribution in [-0.2, 0) is 37.9 Å². The normalized spacial score (nSPS) is 15.3. The fraction of sp³-hybridized carbons (Fsp3) is 0.119. The second-order valence-electron chi connectivity index (χ2n) is 11.4. The molecule has 2 nitrogen and oxygen atoms in total. The molecule has 0 amide bonds. The molecule has 0 fully saturated rings. The van der Waals surface area contributed by atoms with Crippen molar-refractivity contribution in [1.29, 1.82) is 0 Å². The van der Waals surface area contributed by atoms with Crippen molar-refractivity contribution < 1.29 is 30.9 Å². The van der Waals surface area contributed by atoms with E-state index in [1.807, 2.05) is 91.0 Å². The first-order valence-corrected chi connectivity index (χ1v) is 15.0. The van der Waals surface area contributed by atoms with Gasteiger partial charge in [0.05, 0.1) is 11.4 Å². The zero-order valence-corrected chi connectivity index (χ0v) is 29.9. The molecule has 0 saturated carbocycles. The van der Waals surface area contributed by atoms with E-state index in [-0.39, 0.29) is 25.8 Å². The van der Waals surface area contributed by atoms with Gasteiger partial charge in [-0.2, -0.15) is 49.2 Å². The Kier molecular flexibility index (Phi) is 11.4. The molecule has 0 radical (unpaired) electrons. The molecule has 0 aliphatic heterocycles. The Hall–Kier alpha value is -4.18. The average molecular weight is 752 g/mol. The summed E-state index contributed by atoms with van der Waals surface area (Å²) < 4.78 is 0. The third-order valence-corrected chi connectivity index (χ3v) is 7.84. The predicted octanol–water partition coefficient (Wildman–Crippen LogP) is 10.1. The van der Waals surface area contributed by atoms with Gasteiger partial charge in [-0.15, -0.1) is 24.3 Å². The minimum Gasteiger partial charge on any atom is -0.378 e. The molecule has 1 N–H and O–H groups in total. The number of nitrogens with zero attached hydrogens (tertiary/aromatic N) is 1. The van der Waals surface area contributed by atoms with Crippen molar-refractivity contribution >= 4 is 22.2 Å². The third-order valence-electron chi connectivity index (χ3n) is 7.84. The Morgan fingerprint density at radius 1 is 0.622 bits per heavy atom. The summed E-state index contributed by atoms with van der Waals surface area (Å²) in [7, 11) is 0. The van der Waals surface area contributed by atoms with E-state index < -0.39 is 5.60 Å². The summed E-state index contributed by atoms with van der Waals surface area (Å²) in [5.41, 5.74) is 9.22. The van der Waals surface area contributed by atoms with Crippen LogP contribution >= 0.6 is 0 Å². The van der Waals surface area contributed by atoms with Crippen LogP contribution in [-0.4, -0.2) is 10.8 Å². The predicted molar refractivity (Wildman–Crippen MR) is 187 cm³/mol. The Morgan fingerprint density at radius 3 is 1.60 bits per heavy atom. The SMILES string of the molecule is Cc1cc(C)c(N=C2c3cccc4cccc(c34)C2(O)Cc2ccccc2)c(C)c1.[CH2-]c1ccccc1.[CH2-]c1ccccc1.[Hf]. The molecular formula is C42H39HfNO-2. The van der Waals surface area contributed by atoms with Crippen molar-refractivity contribution in [2.24, 2.45) is 4.99 Å². The molecule has 1 atom stereocenters. The number of benzene rings is 6. The third kappa shape index (κ3) is 7.92. The summed E-state index contributed by atoms with van der Waals surface area (Å²) in [5.74, 6) is 0. The largest absolute Gasteiger partial charge is 0.378 e. The maximum Gasteiger partial charge on any atom is 0.137 e. The van der Waals surface area contributed by atoms with Gasteiger partial charge < -0.3 is 5.11 Å². The van der Waals surface area contributed by atoms with Crippen LogP contribution in [0.25, 0.3) is 10.8 Å². The molecule has 3 heteroatoms. The Labute approximate surface area is 287 Å². The second-order valence-corrected chi connectivity index (χ2v) is 11.4. The summed E-state index contributed by atoms with van der Waals surface area (Å²) in [4.78, 5) is 5.15. The first-order valence-electron chi connectivity index (χ1n) is 15.0. The number of aryl methyl sites for hydroxylation is 3. The summed E-state index contributed by atoms with van der Waals surface area (Å²) >= 11 is 0. The monoisotopic (exact) mass is 753 g/mol. The van der Waals surface area contributed by atoms with Gasteiger partial charge in [-0.25, -0.2) is 4.99 Å². The second kappa shape index (κ2) is 15.2. The summed E-state index contributed by atoms with van der Waals surface area (Å²) in [5, 5.41) is 14.5. The van der Waals surface area contributed by atoms with Gasteiger partial charge in [0.1, 0.15) is 5.60 Å². The molecular weight excluding hydrogens is 713 g/mol. The number of aliphatic imine (C=N–C) groups is 1. The topological polar surface area (TPSA) is 32.6 Å². The van der Waals surface area contributed by atoms with E-state index >= 15 is 0 Å². The van der Waals surface area contributed by atoms with Crippen LogP contribution in [0.4, 0.5) is 5.69 Å². The summed E-state index contributed by atoms with van der Waals surface area (Å²) in [6.45, 7) is 13.7. The minimum absolute atomic E-state index is 0. The van der Waals surface area contributed by atoms with Crippen molar-refractivity contribution in [1.82, 2.24) is 0 Å². The van der Waals surface area contributed by atoms with Gasteiger partial charge in [-0.1, -0.05) is 96.6 Å². The smallest absolute Gasteiger partial charge is 0.137 e. The maximum atomic E-state index is 12.2. The van der Waals surface area contributed by atoms with Crippen LogP contribution in [0, 0.1) is 34.6 Å². The average Bonchev–Trinajstić information content (AvgIpc) is 3.25. The van der Waals surface area contributed by atoms with E-state index in [1.165, 1.54) is 5.56 Å².